The van der Waals surface area contributed by atoms with Gasteiger partial charge in [0, 0.05) is 9.58 Å². The zero-order chi connectivity index (χ0) is 15.4. The molecule has 21 heavy (non-hydrogen) atoms. The van der Waals surface area contributed by atoms with Crippen molar-refractivity contribution in [3.63, 3.8) is 0 Å². The van der Waals surface area contributed by atoms with Gasteiger partial charge in [-0.3, -0.25) is 0 Å². The monoisotopic (exact) mass is 305 g/mol. The van der Waals surface area contributed by atoms with Crippen LogP contribution in [0.25, 0.3) is 10.1 Å². The normalized spacial score (nSPS) is 13.9. The lowest BCUT2D eigenvalue weighted by Gasteiger charge is -2.25. The molecule has 114 valence electrons. The summed E-state index contributed by atoms with van der Waals surface area (Å²) in [4.78, 5) is 3.36. The summed E-state index contributed by atoms with van der Waals surface area (Å²) in [5, 5.41) is 6.93. The van der Waals surface area contributed by atoms with Gasteiger partial charge in [-0.05, 0) is 51.5 Å². The van der Waals surface area contributed by atoms with Gasteiger partial charge < -0.3 is 10.6 Å². The summed E-state index contributed by atoms with van der Waals surface area (Å²) in [5.41, 5.74) is 5.66. The van der Waals surface area contributed by atoms with Crippen molar-refractivity contribution in [1.82, 2.24) is 10.0 Å². The number of hydrogen-bond acceptors (Lipinski definition) is 5. The zero-order valence-corrected chi connectivity index (χ0v) is 13.6. The Balaban J connectivity index is 2.30. The molecule has 1 heterocycles. The average molecular weight is 305 g/mol. The highest BCUT2D eigenvalue weighted by Gasteiger charge is 2.19. The van der Waals surface area contributed by atoms with Gasteiger partial charge in [-0.25, -0.2) is 11.0 Å². The Bertz CT molecular complexity index is 582. The molecule has 2 rings (SSSR count). The SMILES string of the molecule is C/C(N)=N/N(N)C(CCN(C)C)c1cc2ccccc2s1. The van der Waals surface area contributed by atoms with Crippen LogP contribution in [0.1, 0.15) is 24.3 Å². The van der Waals surface area contributed by atoms with Crippen molar-refractivity contribution in [2.24, 2.45) is 16.7 Å². The van der Waals surface area contributed by atoms with Crippen molar-refractivity contribution in [2.75, 3.05) is 20.6 Å². The number of amidine groups is 1. The van der Waals surface area contributed by atoms with Gasteiger partial charge in [0.05, 0.1) is 6.04 Å². The van der Waals surface area contributed by atoms with Gasteiger partial charge >= 0.3 is 0 Å². The second kappa shape index (κ2) is 6.89. The van der Waals surface area contributed by atoms with Gasteiger partial charge in [0.2, 0.25) is 0 Å². The fourth-order valence-electron chi connectivity index (χ4n) is 2.20. The number of hydrazine groups is 1. The molecule has 0 bridgehead atoms. The van der Waals surface area contributed by atoms with Crippen molar-refractivity contribution >= 4 is 27.3 Å². The van der Waals surface area contributed by atoms with Crippen LogP contribution in [0.3, 0.4) is 0 Å². The van der Waals surface area contributed by atoms with Crippen LogP contribution in [-0.4, -0.2) is 36.5 Å². The van der Waals surface area contributed by atoms with E-state index in [1.807, 2.05) is 0 Å². The fraction of sp³-hybridized carbons (Fsp3) is 0.400. The summed E-state index contributed by atoms with van der Waals surface area (Å²) in [6, 6.07) is 10.6. The first-order valence-electron chi connectivity index (χ1n) is 6.95. The number of benzene rings is 1. The Morgan fingerprint density at radius 3 is 2.67 bits per heavy atom. The molecule has 4 N–H and O–H groups in total. The second-order valence-corrected chi connectivity index (χ2v) is 6.53. The number of nitrogens with zero attached hydrogens (tertiary/aromatic N) is 3. The summed E-state index contributed by atoms with van der Waals surface area (Å²) in [7, 11) is 4.11. The lowest BCUT2D eigenvalue weighted by molar-refractivity contribution is 0.189. The molecule has 1 aromatic heterocycles. The van der Waals surface area contributed by atoms with Crippen molar-refractivity contribution in [2.45, 2.75) is 19.4 Å². The Morgan fingerprint density at radius 2 is 2.05 bits per heavy atom. The summed E-state index contributed by atoms with van der Waals surface area (Å²) < 4.78 is 1.27. The lowest BCUT2D eigenvalue weighted by atomic mass is 10.1. The van der Waals surface area contributed by atoms with E-state index in [1.54, 1.807) is 18.3 Å². The number of fused-ring (bicyclic) bond motifs is 1. The van der Waals surface area contributed by atoms with Gasteiger partial charge in [-0.15, -0.1) is 16.4 Å². The minimum absolute atomic E-state index is 0.0308. The standard InChI is InChI=1S/C15H23N5S/c1-11(16)18-20(17)13(8-9-19(2)3)15-10-12-6-4-5-7-14(12)21-15/h4-7,10,13H,8-9,17H2,1-3H3,(H2,16,18). The van der Waals surface area contributed by atoms with Gasteiger partial charge in [0.15, 0.2) is 0 Å². The predicted octanol–water partition coefficient (Wildman–Crippen LogP) is 2.36. The Morgan fingerprint density at radius 1 is 1.33 bits per heavy atom. The van der Waals surface area contributed by atoms with Gasteiger partial charge in [0.1, 0.15) is 5.84 Å². The molecule has 0 radical (unpaired) electrons. The molecule has 0 aliphatic rings. The zero-order valence-electron chi connectivity index (χ0n) is 12.8. The molecule has 0 spiro atoms. The molecule has 0 amide bonds. The highest BCUT2D eigenvalue weighted by molar-refractivity contribution is 7.19. The molecular formula is C15H23N5S. The van der Waals surface area contributed by atoms with Crippen LogP contribution in [-0.2, 0) is 0 Å². The number of thiophene rings is 1. The fourth-order valence-corrected chi connectivity index (χ4v) is 3.40. The van der Waals surface area contributed by atoms with E-state index in [4.69, 9.17) is 11.6 Å². The third-order valence-electron chi connectivity index (χ3n) is 3.22. The maximum absolute atomic E-state index is 6.11. The van der Waals surface area contributed by atoms with Crippen LogP contribution < -0.4 is 11.6 Å². The minimum atomic E-state index is 0.0308. The van der Waals surface area contributed by atoms with Crippen LogP contribution in [0, 0.1) is 0 Å². The van der Waals surface area contributed by atoms with E-state index in [2.05, 4.69) is 54.4 Å². The molecular weight excluding hydrogens is 282 g/mol. The van der Waals surface area contributed by atoms with Crippen LogP contribution in [0.2, 0.25) is 0 Å². The number of nitrogens with two attached hydrogens (primary N) is 2. The quantitative estimate of drug-likeness (QED) is 0.372. The summed E-state index contributed by atoms with van der Waals surface area (Å²) in [6.07, 6.45) is 0.896. The smallest absolute Gasteiger partial charge is 0.118 e. The second-order valence-electron chi connectivity index (χ2n) is 5.42. The molecule has 0 saturated carbocycles. The third-order valence-corrected chi connectivity index (χ3v) is 4.43. The van der Waals surface area contributed by atoms with Crippen LogP contribution in [0.4, 0.5) is 0 Å². The van der Waals surface area contributed by atoms with Gasteiger partial charge in [-0.2, -0.15) is 0 Å². The molecule has 6 heteroatoms. The number of hydrazone groups is 1. The van der Waals surface area contributed by atoms with Crippen molar-refractivity contribution in [3.05, 3.63) is 35.2 Å². The molecule has 2 aromatic rings. The lowest BCUT2D eigenvalue weighted by Crippen LogP contribution is -2.34. The van der Waals surface area contributed by atoms with E-state index in [9.17, 15) is 0 Å². The van der Waals surface area contributed by atoms with E-state index in [0.29, 0.717) is 5.84 Å². The van der Waals surface area contributed by atoms with Crippen molar-refractivity contribution < 1.29 is 0 Å². The first-order chi connectivity index (χ1) is 9.97. The van der Waals surface area contributed by atoms with E-state index >= 15 is 0 Å². The maximum atomic E-state index is 6.11. The van der Waals surface area contributed by atoms with Gasteiger partial charge in [-0.1, -0.05) is 18.2 Å². The van der Waals surface area contributed by atoms with E-state index < -0.39 is 0 Å². The minimum Gasteiger partial charge on any atom is -0.386 e. The topological polar surface area (TPSA) is 70.9 Å². The molecule has 0 aliphatic carbocycles. The Labute approximate surface area is 129 Å². The summed E-state index contributed by atoms with van der Waals surface area (Å²) >= 11 is 1.76. The maximum Gasteiger partial charge on any atom is 0.118 e. The largest absolute Gasteiger partial charge is 0.386 e. The molecule has 1 atom stereocenters. The van der Waals surface area contributed by atoms with Crippen LogP contribution >= 0.6 is 11.3 Å². The molecule has 0 saturated heterocycles. The first-order valence-corrected chi connectivity index (χ1v) is 7.77. The van der Waals surface area contributed by atoms with Crippen LogP contribution in [0.15, 0.2) is 35.4 Å². The third kappa shape index (κ3) is 4.17. The van der Waals surface area contributed by atoms with Gasteiger partial charge in [0.25, 0.3) is 0 Å². The average Bonchev–Trinajstić information content (AvgIpc) is 2.80. The van der Waals surface area contributed by atoms with Crippen molar-refractivity contribution in [3.8, 4) is 0 Å². The highest BCUT2D eigenvalue weighted by Crippen LogP contribution is 2.33. The first kappa shape index (κ1) is 15.8. The van der Waals surface area contributed by atoms with Crippen LogP contribution in [0.5, 0.6) is 0 Å². The molecule has 5 nitrogen and oxygen atoms in total. The number of rotatable bonds is 6. The molecule has 0 fully saturated rings. The number of hydrogen-bond donors (Lipinski definition) is 2. The molecule has 0 aliphatic heterocycles. The highest BCUT2D eigenvalue weighted by atomic mass is 32.1. The summed E-state index contributed by atoms with van der Waals surface area (Å²) in [5.74, 6) is 6.58. The molecule has 1 aromatic carbocycles. The Hall–Kier alpha value is -1.63. The summed E-state index contributed by atoms with van der Waals surface area (Å²) in [6.45, 7) is 2.68. The van der Waals surface area contributed by atoms with E-state index in [1.165, 1.54) is 20.1 Å². The van der Waals surface area contributed by atoms with E-state index in [-0.39, 0.29) is 6.04 Å². The van der Waals surface area contributed by atoms with E-state index in [0.717, 1.165) is 13.0 Å². The predicted molar refractivity (Wildman–Crippen MR) is 91.1 cm³/mol. The Kier molecular flexibility index (Phi) is 5.17. The van der Waals surface area contributed by atoms with Crippen molar-refractivity contribution in [1.29, 1.82) is 0 Å². The molecule has 1 unspecified atom stereocenters.